The Labute approximate surface area is 222 Å². The molecule has 3 aromatic rings. The number of carbonyl (C=O) groups excluding carboxylic acids is 3. The molecule has 7 nitrogen and oxygen atoms in total. The second-order valence-electron chi connectivity index (χ2n) is 7.60. The zero-order valence-electron chi connectivity index (χ0n) is 18.9. The smallest absolute Gasteiger partial charge is 0.335 e. The maximum atomic E-state index is 13.1. The van der Waals surface area contributed by atoms with Crippen molar-refractivity contribution in [3.8, 4) is 11.5 Å². The van der Waals surface area contributed by atoms with Crippen LogP contribution in [0.15, 0.2) is 66.2 Å². The maximum Gasteiger partial charge on any atom is 0.335 e. The minimum Gasteiger partial charge on any atom is -0.492 e. The topological polar surface area (TPSA) is 84.9 Å². The lowest BCUT2D eigenvalue weighted by atomic mass is 10.1. The van der Waals surface area contributed by atoms with Gasteiger partial charge in [-0.05, 0) is 67.1 Å². The first-order valence-electron chi connectivity index (χ1n) is 10.8. The minimum atomic E-state index is -0.853. The van der Waals surface area contributed by atoms with E-state index >= 15 is 0 Å². The highest BCUT2D eigenvalue weighted by Crippen LogP contribution is 2.29. The van der Waals surface area contributed by atoms with E-state index < -0.39 is 17.8 Å². The van der Waals surface area contributed by atoms with Gasteiger partial charge in [0.15, 0.2) is 0 Å². The van der Waals surface area contributed by atoms with Crippen molar-refractivity contribution >= 4 is 64.4 Å². The molecular formula is C26H19Cl3N2O5. The molecule has 1 heterocycles. The lowest BCUT2D eigenvalue weighted by Crippen LogP contribution is -2.54. The number of hydrogen-bond donors (Lipinski definition) is 1. The van der Waals surface area contributed by atoms with E-state index in [1.54, 1.807) is 48.5 Å². The summed E-state index contributed by atoms with van der Waals surface area (Å²) in [5.74, 6) is -0.592. The standard InChI is InChI=1S/C26H19Cl3N2O5/c1-2-35-23-10-3-15(12-22(23)29)11-20-24(32)30-26(34)31(25(20)33)18-6-8-19(9-7-18)36-14-16-4-5-17(27)13-21(16)28/h3-13H,2,14H2,1H3,(H,30,32,34)/b20-11+. The zero-order chi connectivity index (χ0) is 25.8. The number of barbiturate groups is 1. The highest BCUT2D eigenvalue weighted by molar-refractivity contribution is 6.39. The number of anilines is 1. The number of carbonyl (C=O) groups is 3. The van der Waals surface area contributed by atoms with E-state index in [1.165, 1.54) is 18.2 Å². The van der Waals surface area contributed by atoms with Crippen molar-refractivity contribution in [1.29, 1.82) is 0 Å². The molecule has 0 aliphatic carbocycles. The Balaban J connectivity index is 1.52. The summed E-state index contributed by atoms with van der Waals surface area (Å²) < 4.78 is 11.1. The molecule has 0 unspecified atom stereocenters. The Bertz CT molecular complexity index is 1370. The highest BCUT2D eigenvalue weighted by atomic mass is 35.5. The van der Waals surface area contributed by atoms with Gasteiger partial charge in [0.05, 0.1) is 17.3 Å². The van der Waals surface area contributed by atoms with Crippen LogP contribution in [0.2, 0.25) is 15.1 Å². The summed E-state index contributed by atoms with van der Waals surface area (Å²) in [7, 11) is 0. The molecule has 4 amide bonds. The van der Waals surface area contributed by atoms with E-state index in [2.05, 4.69) is 5.32 Å². The van der Waals surface area contributed by atoms with Gasteiger partial charge in [-0.25, -0.2) is 9.69 Å². The second-order valence-corrected chi connectivity index (χ2v) is 8.85. The van der Waals surface area contributed by atoms with E-state index in [0.717, 1.165) is 10.5 Å². The van der Waals surface area contributed by atoms with Gasteiger partial charge in [0, 0.05) is 15.6 Å². The number of amides is 4. The van der Waals surface area contributed by atoms with Gasteiger partial charge in [-0.1, -0.05) is 46.9 Å². The third kappa shape index (κ3) is 5.65. The molecule has 10 heteroatoms. The Hall–Kier alpha value is -3.52. The molecule has 3 aromatic carbocycles. The van der Waals surface area contributed by atoms with Crippen LogP contribution in [-0.4, -0.2) is 24.5 Å². The van der Waals surface area contributed by atoms with Gasteiger partial charge >= 0.3 is 6.03 Å². The largest absolute Gasteiger partial charge is 0.492 e. The van der Waals surface area contributed by atoms with Crippen molar-refractivity contribution in [1.82, 2.24) is 5.32 Å². The maximum absolute atomic E-state index is 13.1. The predicted molar refractivity (Wildman–Crippen MR) is 139 cm³/mol. The van der Waals surface area contributed by atoms with Crippen LogP contribution in [0.4, 0.5) is 10.5 Å². The number of rotatable bonds is 7. The van der Waals surface area contributed by atoms with E-state index in [9.17, 15) is 14.4 Å². The number of ether oxygens (including phenoxy) is 2. The van der Waals surface area contributed by atoms with Gasteiger partial charge in [-0.2, -0.15) is 0 Å². The van der Waals surface area contributed by atoms with Crippen molar-refractivity contribution in [3.63, 3.8) is 0 Å². The number of nitrogens with one attached hydrogen (secondary N) is 1. The molecule has 0 bridgehead atoms. The fourth-order valence-corrected chi connectivity index (χ4v) is 4.14. The van der Waals surface area contributed by atoms with E-state index in [0.29, 0.717) is 38.7 Å². The molecule has 0 atom stereocenters. The number of hydrogen-bond acceptors (Lipinski definition) is 5. The fourth-order valence-electron chi connectivity index (χ4n) is 3.43. The molecule has 0 spiro atoms. The number of benzene rings is 3. The Morgan fingerprint density at radius 2 is 1.64 bits per heavy atom. The molecule has 0 saturated carbocycles. The molecule has 1 aliphatic rings. The van der Waals surface area contributed by atoms with Crippen LogP contribution in [0.3, 0.4) is 0 Å². The van der Waals surface area contributed by atoms with Gasteiger partial charge in [0.1, 0.15) is 23.7 Å². The van der Waals surface area contributed by atoms with Crippen molar-refractivity contribution in [2.24, 2.45) is 0 Å². The Morgan fingerprint density at radius 1 is 0.889 bits per heavy atom. The molecule has 184 valence electrons. The minimum absolute atomic E-state index is 0.199. The summed E-state index contributed by atoms with van der Waals surface area (Å²) in [6.07, 6.45) is 1.37. The van der Waals surface area contributed by atoms with E-state index in [-0.39, 0.29) is 17.9 Å². The predicted octanol–water partition coefficient (Wildman–Crippen LogP) is 6.29. The first-order valence-corrected chi connectivity index (χ1v) is 11.9. The molecule has 1 N–H and O–H groups in total. The monoisotopic (exact) mass is 544 g/mol. The third-order valence-electron chi connectivity index (χ3n) is 5.17. The second kappa shape index (κ2) is 11.0. The van der Waals surface area contributed by atoms with Crippen molar-refractivity contribution < 1.29 is 23.9 Å². The lowest BCUT2D eigenvalue weighted by Gasteiger charge is -2.26. The van der Waals surface area contributed by atoms with Gasteiger partial charge in [0.25, 0.3) is 11.8 Å². The number of halogens is 3. The summed E-state index contributed by atoms with van der Waals surface area (Å²) in [5, 5.41) is 3.53. The normalized spacial score (nSPS) is 14.7. The van der Waals surface area contributed by atoms with Crippen LogP contribution in [0.1, 0.15) is 18.1 Å². The van der Waals surface area contributed by atoms with Gasteiger partial charge in [0.2, 0.25) is 0 Å². The molecule has 0 aromatic heterocycles. The fraction of sp³-hybridized carbons (Fsp3) is 0.115. The number of urea groups is 1. The van der Waals surface area contributed by atoms with Crippen LogP contribution in [0, 0.1) is 0 Å². The first-order chi connectivity index (χ1) is 17.3. The molecule has 36 heavy (non-hydrogen) atoms. The lowest BCUT2D eigenvalue weighted by molar-refractivity contribution is -0.122. The van der Waals surface area contributed by atoms with Crippen LogP contribution in [0.5, 0.6) is 11.5 Å². The number of nitrogens with zero attached hydrogens (tertiary/aromatic N) is 1. The summed E-state index contributed by atoms with van der Waals surface area (Å²) >= 11 is 18.3. The summed E-state index contributed by atoms with van der Waals surface area (Å²) in [6, 6.07) is 15.4. The van der Waals surface area contributed by atoms with Crippen molar-refractivity contribution in [2.75, 3.05) is 11.5 Å². The quantitative estimate of drug-likeness (QED) is 0.279. The molecule has 1 aliphatic heterocycles. The first kappa shape index (κ1) is 25.6. The van der Waals surface area contributed by atoms with Crippen LogP contribution >= 0.6 is 34.8 Å². The number of imide groups is 2. The Kier molecular flexibility index (Phi) is 7.84. The van der Waals surface area contributed by atoms with Crippen LogP contribution in [-0.2, 0) is 16.2 Å². The van der Waals surface area contributed by atoms with Crippen LogP contribution < -0.4 is 19.7 Å². The molecular weight excluding hydrogens is 527 g/mol. The van der Waals surface area contributed by atoms with Crippen molar-refractivity contribution in [3.05, 3.63) is 92.4 Å². The van der Waals surface area contributed by atoms with E-state index in [4.69, 9.17) is 44.3 Å². The SMILES string of the molecule is CCOc1ccc(/C=C2\C(=O)NC(=O)N(c3ccc(OCc4ccc(Cl)cc4Cl)cc3)C2=O)cc1Cl. The van der Waals surface area contributed by atoms with Gasteiger partial charge in [-0.15, -0.1) is 0 Å². The van der Waals surface area contributed by atoms with Gasteiger partial charge < -0.3 is 9.47 Å². The third-order valence-corrected chi connectivity index (χ3v) is 6.06. The van der Waals surface area contributed by atoms with E-state index in [1.807, 2.05) is 6.92 Å². The summed E-state index contributed by atoms with van der Waals surface area (Å²) in [4.78, 5) is 38.9. The summed E-state index contributed by atoms with van der Waals surface area (Å²) in [6.45, 7) is 2.47. The molecule has 4 rings (SSSR count). The highest BCUT2D eigenvalue weighted by Gasteiger charge is 2.36. The average molecular weight is 546 g/mol. The molecule has 1 fully saturated rings. The average Bonchev–Trinajstić information content (AvgIpc) is 2.83. The summed E-state index contributed by atoms with van der Waals surface area (Å²) in [5.41, 5.74) is 1.30. The molecule has 1 saturated heterocycles. The zero-order valence-corrected chi connectivity index (χ0v) is 21.2. The van der Waals surface area contributed by atoms with Gasteiger partial charge in [-0.3, -0.25) is 14.9 Å². The van der Waals surface area contributed by atoms with Crippen molar-refractivity contribution in [2.45, 2.75) is 13.5 Å². The van der Waals surface area contributed by atoms with Crippen LogP contribution in [0.25, 0.3) is 6.08 Å². The molecule has 0 radical (unpaired) electrons. The Morgan fingerprint density at radius 3 is 2.31 bits per heavy atom.